The number of benzene rings is 1. The van der Waals surface area contributed by atoms with E-state index in [1.807, 2.05) is 19.1 Å². The summed E-state index contributed by atoms with van der Waals surface area (Å²) < 4.78 is 17.5. The first-order valence-corrected chi connectivity index (χ1v) is 14.9. The van der Waals surface area contributed by atoms with Gasteiger partial charge in [-0.05, 0) is 65.0 Å². The van der Waals surface area contributed by atoms with E-state index >= 15 is 0 Å². The molecule has 3 atom stereocenters. The Kier molecular flexibility index (Phi) is 16.4. The Morgan fingerprint density at radius 2 is 1.53 bits per heavy atom. The fourth-order valence-corrected chi connectivity index (χ4v) is 5.83. The Hall–Kier alpha value is -1.90. The van der Waals surface area contributed by atoms with Crippen molar-refractivity contribution < 1.29 is 18.8 Å². The highest BCUT2D eigenvalue weighted by Crippen LogP contribution is 2.33. The van der Waals surface area contributed by atoms with Crippen molar-refractivity contribution in [3.05, 3.63) is 42.0 Å². The number of ether oxygens (including phenoxy) is 1. The predicted molar refractivity (Wildman–Crippen MR) is 151 cm³/mol. The van der Waals surface area contributed by atoms with Crippen LogP contribution in [-0.4, -0.2) is 32.2 Å². The van der Waals surface area contributed by atoms with E-state index in [0.717, 1.165) is 37.7 Å². The van der Waals surface area contributed by atoms with E-state index in [4.69, 9.17) is 11.2 Å². The van der Waals surface area contributed by atoms with Gasteiger partial charge in [-0.2, -0.15) is 0 Å². The number of carbonyl (C=O) groups is 1. The van der Waals surface area contributed by atoms with Gasteiger partial charge in [-0.15, -0.1) is 6.42 Å². The first-order valence-electron chi connectivity index (χ1n) is 13.8. The fraction of sp³-hybridized carbons (Fsp3) is 0.645. The molecule has 0 spiro atoms. The Balaban J connectivity index is 2.66. The Labute approximate surface area is 222 Å². The highest BCUT2D eigenvalue weighted by molar-refractivity contribution is 7.87. The standard InChI is InChI=1S/C31H48O4S/c1-6-8-9-10-11-12-13-14-15-16-17-18-19-20-25-31(29(32)7-2,30(33)35-26(3)4)36(34)28-23-21-27(5)22-24-28/h2,14-15,21-24,26,29,32H,6,8-13,16-20,25H2,1,3-5H3/b15-14-/t29-,31?,36+/m1/s1. The van der Waals surface area contributed by atoms with Crippen molar-refractivity contribution >= 4 is 16.8 Å². The molecular formula is C31H48O4S. The maximum atomic E-state index is 13.7. The van der Waals surface area contributed by atoms with Gasteiger partial charge in [-0.25, -0.2) is 0 Å². The molecule has 1 aromatic carbocycles. The predicted octanol–water partition coefficient (Wildman–Crippen LogP) is 7.43. The zero-order valence-electron chi connectivity index (χ0n) is 23.0. The SMILES string of the molecule is C#C[C@@H](O)C(CCCCCC/C=C\CCCCCCCC)(C(=O)OC(C)C)[S@@](=O)c1ccc(C)cc1. The van der Waals surface area contributed by atoms with Crippen LogP contribution < -0.4 is 0 Å². The molecule has 0 aliphatic rings. The molecule has 0 aliphatic heterocycles. The molecule has 0 aliphatic carbocycles. The average Bonchev–Trinajstić information content (AvgIpc) is 2.85. The van der Waals surface area contributed by atoms with Crippen molar-refractivity contribution in [2.75, 3.05) is 0 Å². The molecule has 0 fully saturated rings. The second kappa shape index (κ2) is 18.4. The first kappa shape index (κ1) is 32.1. The number of unbranched alkanes of at least 4 members (excludes halogenated alkanes) is 10. The summed E-state index contributed by atoms with van der Waals surface area (Å²) in [6.07, 6.45) is 22.1. The lowest BCUT2D eigenvalue weighted by Crippen LogP contribution is -2.54. The molecule has 202 valence electrons. The summed E-state index contributed by atoms with van der Waals surface area (Å²) >= 11 is 0. The van der Waals surface area contributed by atoms with Crippen molar-refractivity contribution in [3.63, 3.8) is 0 Å². The van der Waals surface area contributed by atoms with Crippen LogP contribution in [0.1, 0.15) is 110 Å². The second-order valence-electron chi connectivity index (χ2n) is 9.98. The van der Waals surface area contributed by atoms with Crippen LogP contribution in [0, 0.1) is 19.3 Å². The molecule has 1 unspecified atom stereocenters. The van der Waals surface area contributed by atoms with E-state index in [1.165, 1.54) is 38.5 Å². The van der Waals surface area contributed by atoms with Gasteiger partial charge in [0.2, 0.25) is 0 Å². The summed E-state index contributed by atoms with van der Waals surface area (Å²) in [5.74, 6) is 1.58. The van der Waals surface area contributed by atoms with Gasteiger partial charge in [0.25, 0.3) is 0 Å². The molecule has 0 saturated heterocycles. The van der Waals surface area contributed by atoms with Gasteiger partial charge >= 0.3 is 5.97 Å². The zero-order chi connectivity index (χ0) is 26.8. The molecule has 36 heavy (non-hydrogen) atoms. The third kappa shape index (κ3) is 11.0. The van der Waals surface area contributed by atoms with Crippen LogP contribution in [0.3, 0.4) is 0 Å². The van der Waals surface area contributed by atoms with Gasteiger partial charge in [0, 0.05) is 4.90 Å². The minimum atomic E-state index is -1.86. The highest BCUT2D eigenvalue weighted by Gasteiger charge is 2.52. The van der Waals surface area contributed by atoms with E-state index in [2.05, 4.69) is 25.0 Å². The van der Waals surface area contributed by atoms with Crippen LogP contribution >= 0.6 is 0 Å². The van der Waals surface area contributed by atoms with Gasteiger partial charge in [-0.3, -0.25) is 9.00 Å². The van der Waals surface area contributed by atoms with E-state index in [0.29, 0.717) is 11.3 Å². The highest BCUT2D eigenvalue weighted by atomic mass is 32.2. The Morgan fingerprint density at radius 3 is 2.06 bits per heavy atom. The van der Waals surface area contributed by atoms with Crippen molar-refractivity contribution in [3.8, 4) is 12.3 Å². The molecule has 0 radical (unpaired) electrons. The minimum Gasteiger partial charge on any atom is -0.462 e. The monoisotopic (exact) mass is 516 g/mol. The normalized spacial score (nSPS) is 14.9. The summed E-state index contributed by atoms with van der Waals surface area (Å²) in [4.78, 5) is 13.7. The van der Waals surface area contributed by atoms with Crippen molar-refractivity contribution in [1.29, 1.82) is 0 Å². The molecule has 1 N–H and O–H groups in total. The van der Waals surface area contributed by atoms with E-state index < -0.39 is 33.7 Å². The number of esters is 1. The van der Waals surface area contributed by atoms with E-state index in [-0.39, 0.29) is 6.42 Å². The molecule has 1 rings (SSSR count). The quantitative estimate of drug-likeness (QED) is 0.0898. The number of hydrogen-bond donors (Lipinski definition) is 1. The van der Waals surface area contributed by atoms with Crippen molar-refractivity contribution in [2.24, 2.45) is 0 Å². The van der Waals surface area contributed by atoms with Crippen LogP contribution in [0.4, 0.5) is 0 Å². The van der Waals surface area contributed by atoms with Gasteiger partial charge in [-0.1, -0.05) is 94.1 Å². The summed E-state index contributed by atoms with van der Waals surface area (Å²) in [5.41, 5.74) is 1.02. The number of aliphatic hydroxyl groups excluding tert-OH is 1. The summed E-state index contributed by atoms with van der Waals surface area (Å²) in [5, 5.41) is 10.8. The lowest BCUT2D eigenvalue weighted by Gasteiger charge is -2.33. The number of rotatable bonds is 19. The van der Waals surface area contributed by atoms with Crippen LogP contribution in [0.2, 0.25) is 0 Å². The fourth-order valence-electron chi connectivity index (χ4n) is 4.22. The van der Waals surface area contributed by atoms with Gasteiger partial charge in [0.15, 0.2) is 4.75 Å². The topological polar surface area (TPSA) is 63.6 Å². The van der Waals surface area contributed by atoms with Crippen molar-refractivity contribution in [1.82, 2.24) is 0 Å². The van der Waals surface area contributed by atoms with E-state index in [9.17, 15) is 14.1 Å². The van der Waals surface area contributed by atoms with Gasteiger partial charge < -0.3 is 9.84 Å². The van der Waals surface area contributed by atoms with Gasteiger partial charge in [0.1, 0.15) is 6.10 Å². The number of carbonyl (C=O) groups excluding carboxylic acids is 1. The Bertz CT molecular complexity index is 837. The van der Waals surface area contributed by atoms with Gasteiger partial charge in [0.05, 0.1) is 16.9 Å². The summed E-state index contributed by atoms with van der Waals surface area (Å²) in [6.45, 7) is 7.65. The smallest absolute Gasteiger partial charge is 0.329 e. The lowest BCUT2D eigenvalue weighted by atomic mass is 9.94. The number of aliphatic hydroxyl groups is 1. The summed E-state index contributed by atoms with van der Waals surface area (Å²) in [7, 11) is -1.86. The molecule has 0 bridgehead atoms. The minimum absolute atomic E-state index is 0.207. The maximum absolute atomic E-state index is 13.7. The molecule has 0 amide bonds. The molecule has 0 saturated carbocycles. The van der Waals surface area contributed by atoms with Crippen LogP contribution in [0.15, 0.2) is 41.3 Å². The van der Waals surface area contributed by atoms with E-state index in [1.54, 1.807) is 26.0 Å². The zero-order valence-corrected chi connectivity index (χ0v) is 23.8. The third-order valence-electron chi connectivity index (χ3n) is 6.41. The first-order chi connectivity index (χ1) is 17.3. The molecule has 5 heteroatoms. The number of terminal acetylenes is 1. The third-order valence-corrected chi connectivity index (χ3v) is 8.37. The second-order valence-corrected chi connectivity index (χ2v) is 11.7. The van der Waals surface area contributed by atoms with Crippen LogP contribution in [-0.2, 0) is 20.3 Å². The number of allylic oxidation sites excluding steroid dienone is 2. The van der Waals surface area contributed by atoms with Crippen molar-refractivity contribution in [2.45, 2.75) is 133 Å². The maximum Gasteiger partial charge on any atom is 0.329 e. The molecule has 0 heterocycles. The average molecular weight is 517 g/mol. The van der Waals surface area contributed by atoms with Crippen LogP contribution in [0.25, 0.3) is 0 Å². The lowest BCUT2D eigenvalue weighted by molar-refractivity contribution is -0.153. The molecule has 0 aromatic heterocycles. The van der Waals surface area contributed by atoms with Crippen LogP contribution in [0.5, 0.6) is 0 Å². The molecule has 4 nitrogen and oxygen atoms in total. The largest absolute Gasteiger partial charge is 0.462 e. The summed E-state index contributed by atoms with van der Waals surface area (Å²) in [6, 6.07) is 7.13. The molecular weight excluding hydrogens is 468 g/mol. The number of aryl methyl sites for hydroxylation is 1. The number of hydrogen-bond acceptors (Lipinski definition) is 4. The molecule has 1 aromatic rings. The Morgan fingerprint density at radius 1 is 1.00 bits per heavy atom.